The number of rotatable bonds is 6. The molecule has 0 unspecified atom stereocenters. The van der Waals surface area contributed by atoms with Crippen molar-refractivity contribution in [3.05, 3.63) is 96.2 Å². The molecule has 2 N–H and O–H groups in total. The number of nitrogens with one attached hydrogen (secondary N) is 2. The van der Waals surface area contributed by atoms with Crippen molar-refractivity contribution in [2.24, 2.45) is 0 Å². The first kappa shape index (κ1) is 19.2. The molecular weight excluding hydrogens is 364 g/mol. The van der Waals surface area contributed by atoms with Gasteiger partial charge in [0.25, 0.3) is 5.91 Å². The van der Waals surface area contributed by atoms with Gasteiger partial charge in [0.2, 0.25) is 0 Å². The lowest BCUT2D eigenvalue weighted by Crippen LogP contribution is -2.11. The molecule has 0 atom stereocenters. The van der Waals surface area contributed by atoms with Gasteiger partial charge in [0.1, 0.15) is 29.2 Å². The van der Waals surface area contributed by atoms with E-state index in [1.807, 2.05) is 30.3 Å². The van der Waals surface area contributed by atoms with Crippen LogP contribution in [0.15, 0.2) is 90.6 Å². The Labute approximate surface area is 168 Å². The summed E-state index contributed by atoms with van der Waals surface area (Å²) < 4.78 is 5.73. The fourth-order valence-corrected chi connectivity index (χ4v) is 2.43. The van der Waals surface area contributed by atoms with Crippen molar-refractivity contribution in [2.45, 2.75) is 0 Å². The number of hydrogen-bond acceptors (Lipinski definition) is 5. The first-order chi connectivity index (χ1) is 14.2. The van der Waals surface area contributed by atoms with Crippen LogP contribution in [-0.4, -0.2) is 5.91 Å². The summed E-state index contributed by atoms with van der Waals surface area (Å²) in [7, 11) is 0. The fourth-order valence-electron chi connectivity index (χ4n) is 2.43. The van der Waals surface area contributed by atoms with E-state index < -0.39 is 0 Å². The van der Waals surface area contributed by atoms with E-state index in [9.17, 15) is 4.79 Å². The minimum absolute atomic E-state index is 0.0577. The summed E-state index contributed by atoms with van der Waals surface area (Å²) in [4.78, 5) is 12.5. The second-order valence-corrected chi connectivity index (χ2v) is 5.90. The number of carbonyl (C=O) groups excluding carboxylic acids is 1. The number of anilines is 2. The van der Waals surface area contributed by atoms with Crippen LogP contribution < -0.4 is 15.4 Å². The Morgan fingerprint density at radius 1 is 0.828 bits per heavy atom. The normalized spacial score (nSPS) is 9.45. The predicted octanol–water partition coefficient (Wildman–Crippen LogP) is 5.07. The molecule has 0 fully saturated rings. The highest BCUT2D eigenvalue weighted by atomic mass is 16.5. The zero-order valence-electron chi connectivity index (χ0n) is 15.3. The Balaban J connectivity index is 1.64. The van der Waals surface area contributed by atoms with Crippen LogP contribution in [-0.2, 0) is 0 Å². The van der Waals surface area contributed by atoms with Crippen molar-refractivity contribution < 1.29 is 9.53 Å². The highest BCUT2D eigenvalue weighted by Crippen LogP contribution is 2.23. The van der Waals surface area contributed by atoms with Gasteiger partial charge in [0.05, 0.1) is 0 Å². The van der Waals surface area contributed by atoms with Gasteiger partial charge in [-0.25, -0.2) is 0 Å². The molecule has 29 heavy (non-hydrogen) atoms. The van der Waals surface area contributed by atoms with Crippen LogP contribution in [0.1, 0.15) is 10.4 Å². The van der Waals surface area contributed by atoms with Crippen molar-refractivity contribution in [2.75, 3.05) is 10.6 Å². The van der Waals surface area contributed by atoms with Gasteiger partial charge in [-0.15, -0.1) is 0 Å². The first-order valence-corrected chi connectivity index (χ1v) is 8.69. The Morgan fingerprint density at radius 2 is 1.52 bits per heavy atom. The van der Waals surface area contributed by atoms with Gasteiger partial charge >= 0.3 is 0 Å². The molecule has 0 spiro atoms. The van der Waals surface area contributed by atoms with Gasteiger partial charge < -0.3 is 15.4 Å². The van der Waals surface area contributed by atoms with Gasteiger partial charge in [-0.1, -0.05) is 24.3 Å². The molecule has 0 aliphatic rings. The molecule has 6 nitrogen and oxygen atoms in total. The lowest BCUT2D eigenvalue weighted by molar-refractivity contribution is 0.102. The van der Waals surface area contributed by atoms with E-state index in [-0.39, 0.29) is 11.5 Å². The van der Waals surface area contributed by atoms with E-state index in [0.29, 0.717) is 22.7 Å². The molecule has 0 radical (unpaired) electrons. The molecule has 0 heterocycles. The van der Waals surface area contributed by atoms with E-state index >= 15 is 0 Å². The summed E-state index contributed by atoms with van der Waals surface area (Å²) in [5, 5.41) is 23.2. The van der Waals surface area contributed by atoms with Crippen LogP contribution >= 0.6 is 0 Å². The van der Waals surface area contributed by atoms with E-state index in [0.717, 1.165) is 5.75 Å². The van der Waals surface area contributed by atoms with Crippen molar-refractivity contribution >= 4 is 17.3 Å². The number of nitriles is 2. The average molecular weight is 380 g/mol. The largest absolute Gasteiger partial charge is 0.457 e. The standard InChI is InChI=1S/C23H16N4O2/c24-14-17(15-25)16-26-20-6-4-5-18(13-20)23(28)27-19-9-11-22(12-10-19)29-21-7-2-1-3-8-21/h1-13,16,26H,(H,27,28). The molecule has 3 rings (SSSR count). The molecule has 0 saturated heterocycles. The average Bonchev–Trinajstić information content (AvgIpc) is 2.77. The molecule has 3 aromatic rings. The SMILES string of the molecule is N#CC(C#N)=CNc1cccc(C(=O)Nc2ccc(Oc3ccccc3)cc2)c1. The summed E-state index contributed by atoms with van der Waals surface area (Å²) in [6, 6.07) is 26.8. The van der Waals surface area contributed by atoms with Crippen molar-refractivity contribution in [3.8, 4) is 23.6 Å². The number of amides is 1. The van der Waals surface area contributed by atoms with Crippen LogP contribution in [0.2, 0.25) is 0 Å². The van der Waals surface area contributed by atoms with Gasteiger partial charge in [0, 0.05) is 23.1 Å². The van der Waals surface area contributed by atoms with E-state index in [4.69, 9.17) is 15.3 Å². The smallest absolute Gasteiger partial charge is 0.255 e. The monoisotopic (exact) mass is 380 g/mol. The number of para-hydroxylation sites is 1. The minimum Gasteiger partial charge on any atom is -0.457 e. The van der Waals surface area contributed by atoms with Crippen LogP contribution in [0.5, 0.6) is 11.5 Å². The second-order valence-electron chi connectivity index (χ2n) is 5.90. The number of carbonyl (C=O) groups is 1. The van der Waals surface area contributed by atoms with Crippen LogP contribution in [0.25, 0.3) is 0 Å². The molecule has 140 valence electrons. The van der Waals surface area contributed by atoms with E-state index in [1.165, 1.54) is 6.20 Å². The van der Waals surface area contributed by atoms with E-state index in [1.54, 1.807) is 60.7 Å². The highest BCUT2D eigenvalue weighted by Gasteiger charge is 2.07. The van der Waals surface area contributed by atoms with E-state index in [2.05, 4.69) is 10.6 Å². The third kappa shape index (κ3) is 5.46. The number of hydrogen-bond donors (Lipinski definition) is 2. The molecule has 1 amide bonds. The second kappa shape index (κ2) is 9.40. The maximum absolute atomic E-state index is 12.5. The quantitative estimate of drug-likeness (QED) is 0.582. The van der Waals surface area contributed by atoms with Crippen LogP contribution in [0.4, 0.5) is 11.4 Å². The lowest BCUT2D eigenvalue weighted by atomic mass is 10.1. The molecule has 0 aliphatic heterocycles. The van der Waals surface area contributed by atoms with Crippen molar-refractivity contribution in [1.29, 1.82) is 10.5 Å². The molecular formula is C23H16N4O2. The van der Waals surface area contributed by atoms with Gasteiger partial charge in [-0.2, -0.15) is 10.5 Å². The summed E-state index contributed by atoms with van der Waals surface area (Å²) in [6.45, 7) is 0. The molecule has 0 saturated carbocycles. The van der Waals surface area contributed by atoms with Gasteiger partial charge in [0.15, 0.2) is 0 Å². The Morgan fingerprint density at radius 3 is 2.21 bits per heavy atom. The number of ether oxygens (including phenoxy) is 1. The maximum atomic E-state index is 12.5. The molecule has 0 bridgehead atoms. The molecule has 6 heteroatoms. The van der Waals surface area contributed by atoms with Gasteiger partial charge in [-0.3, -0.25) is 4.79 Å². The number of benzene rings is 3. The summed E-state index contributed by atoms with van der Waals surface area (Å²) >= 11 is 0. The first-order valence-electron chi connectivity index (χ1n) is 8.69. The third-order valence-corrected chi connectivity index (χ3v) is 3.84. The Bertz CT molecular complexity index is 1090. The molecule has 0 aromatic heterocycles. The van der Waals surface area contributed by atoms with Crippen molar-refractivity contribution in [1.82, 2.24) is 0 Å². The lowest BCUT2D eigenvalue weighted by Gasteiger charge is -2.09. The highest BCUT2D eigenvalue weighted by molar-refractivity contribution is 6.04. The Kier molecular flexibility index (Phi) is 6.23. The number of allylic oxidation sites excluding steroid dienone is 1. The van der Waals surface area contributed by atoms with Crippen LogP contribution in [0, 0.1) is 22.7 Å². The molecule has 0 aliphatic carbocycles. The summed E-state index contributed by atoms with van der Waals surface area (Å²) in [6.07, 6.45) is 1.29. The van der Waals surface area contributed by atoms with Crippen LogP contribution in [0.3, 0.4) is 0 Å². The third-order valence-electron chi connectivity index (χ3n) is 3.84. The van der Waals surface area contributed by atoms with Gasteiger partial charge in [-0.05, 0) is 54.6 Å². The maximum Gasteiger partial charge on any atom is 0.255 e. The zero-order valence-corrected chi connectivity index (χ0v) is 15.3. The fraction of sp³-hybridized carbons (Fsp3) is 0. The Hall–Kier alpha value is -4.55. The van der Waals surface area contributed by atoms with Crippen molar-refractivity contribution in [3.63, 3.8) is 0 Å². The molecule has 3 aromatic carbocycles. The zero-order chi connectivity index (χ0) is 20.5. The minimum atomic E-state index is -0.282. The summed E-state index contributed by atoms with van der Waals surface area (Å²) in [5.74, 6) is 1.12. The summed E-state index contributed by atoms with van der Waals surface area (Å²) in [5.41, 5.74) is 1.60. The predicted molar refractivity (Wildman–Crippen MR) is 110 cm³/mol. The number of nitrogens with zero attached hydrogens (tertiary/aromatic N) is 2. The topological polar surface area (TPSA) is 97.9 Å².